The second kappa shape index (κ2) is 4.28. The van der Waals surface area contributed by atoms with E-state index in [-0.39, 0.29) is 0 Å². The maximum absolute atomic E-state index is 10.3. The lowest BCUT2D eigenvalue weighted by molar-refractivity contribution is -0.105. The van der Waals surface area contributed by atoms with Crippen LogP contribution < -0.4 is 9.74 Å². The molecule has 0 saturated carbocycles. The average molecular weight is 209 g/mol. The van der Waals surface area contributed by atoms with Crippen LogP contribution in [0.2, 0.25) is 19.6 Å². The van der Waals surface area contributed by atoms with E-state index in [0.29, 0.717) is 6.41 Å². The molecule has 1 rings (SSSR count). The predicted octanol–water partition coefficient (Wildman–Crippen LogP) is 2.47. The second-order valence-electron chi connectivity index (χ2n) is 3.97. The summed E-state index contributed by atoms with van der Waals surface area (Å²) in [5.41, 5.74) is 0.727. The highest BCUT2D eigenvalue weighted by Gasteiger charge is 2.17. The van der Waals surface area contributed by atoms with Gasteiger partial charge in [-0.25, -0.2) is 0 Å². The molecule has 1 aromatic rings. The van der Waals surface area contributed by atoms with Crippen molar-refractivity contribution in [1.29, 1.82) is 0 Å². The lowest BCUT2D eigenvalue weighted by atomic mass is 10.3. The molecule has 0 bridgehead atoms. The molecular weight excluding hydrogens is 194 g/mol. The smallest absolute Gasteiger partial charge is 0.242 e. The van der Waals surface area contributed by atoms with Crippen LogP contribution in [0.4, 0.5) is 5.69 Å². The minimum atomic E-state index is -1.61. The van der Waals surface area contributed by atoms with E-state index in [4.69, 9.17) is 4.43 Å². The van der Waals surface area contributed by atoms with Crippen molar-refractivity contribution in [3.63, 3.8) is 0 Å². The number of carbonyl (C=O) groups excluding carboxylic acids is 1. The first-order chi connectivity index (χ1) is 6.53. The monoisotopic (exact) mass is 209 g/mol. The van der Waals surface area contributed by atoms with Crippen molar-refractivity contribution in [3.05, 3.63) is 24.3 Å². The fourth-order valence-corrected chi connectivity index (χ4v) is 1.91. The Bertz CT molecular complexity index is 320. The van der Waals surface area contributed by atoms with Crippen molar-refractivity contribution in [3.8, 4) is 5.75 Å². The lowest BCUT2D eigenvalue weighted by Gasteiger charge is -2.21. The van der Waals surface area contributed by atoms with Gasteiger partial charge in [-0.2, -0.15) is 0 Å². The zero-order valence-corrected chi connectivity index (χ0v) is 9.70. The minimum absolute atomic E-state index is 0.659. The molecule has 0 atom stereocenters. The van der Waals surface area contributed by atoms with E-state index < -0.39 is 8.32 Å². The van der Waals surface area contributed by atoms with Crippen LogP contribution in [0, 0.1) is 0 Å². The van der Waals surface area contributed by atoms with Gasteiger partial charge in [0.25, 0.3) is 0 Å². The Morgan fingerprint density at radius 1 is 1.29 bits per heavy atom. The molecule has 3 nitrogen and oxygen atoms in total. The zero-order valence-electron chi connectivity index (χ0n) is 8.70. The SMILES string of the molecule is C[Si](C)(C)Oc1ccccc1NC=O. The molecule has 0 aliphatic heterocycles. The maximum Gasteiger partial charge on any atom is 0.242 e. The van der Waals surface area contributed by atoms with Crippen molar-refractivity contribution in [2.45, 2.75) is 19.6 Å². The van der Waals surface area contributed by atoms with Gasteiger partial charge in [0.1, 0.15) is 5.75 Å². The Labute approximate surface area is 85.2 Å². The summed E-state index contributed by atoms with van der Waals surface area (Å²) >= 11 is 0. The van der Waals surface area contributed by atoms with E-state index in [1.165, 1.54) is 0 Å². The fraction of sp³-hybridized carbons (Fsp3) is 0.300. The molecule has 0 unspecified atom stereocenters. The summed E-state index contributed by atoms with van der Waals surface area (Å²) in [5.74, 6) is 0.749. The zero-order chi connectivity index (χ0) is 10.6. The first kappa shape index (κ1) is 10.8. The van der Waals surface area contributed by atoms with Crippen molar-refractivity contribution in [2.75, 3.05) is 5.32 Å². The molecule has 0 aliphatic carbocycles. The fourth-order valence-electron chi connectivity index (χ4n) is 1.07. The molecule has 0 heterocycles. The molecule has 0 aromatic heterocycles. The van der Waals surface area contributed by atoms with E-state index in [1.54, 1.807) is 0 Å². The third-order valence-electron chi connectivity index (χ3n) is 1.52. The molecule has 76 valence electrons. The molecule has 1 amide bonds. The Hall–Kier alpha value is -1.29. The third kappa shape index (κ3) is 3.22. The summed E-state index contributed by atoms with van der Waals surface area (Å²) in [5, 5.41) is 2.62. The van der Waals surface area contributed by atoms with Crippen LogP contribution in [-0.2, 0) is 4.79 Å². The summed E-state index contributed by atoms with van der Waals surface area (Å²) in [6, 6.07) is 7.45. The van der Waals surface area contributed by atoms with Gasteiger partial charge in [0, 0.05) is 0 Å². The van der Waals surface area contributed by atoms with Gasteiger partial charge < -0.3 is 9.74 Å². The summed E-state index contributed by atoms with van der Waals surface area (Å²) < 4.78 is 5.80. The van der Waals surface area contributed by atoms with Crippen LogP contribution in [-0.4, -0.2) is 14.7 Å². The largest absolute Gasteiger partial charge is 0.543 e. The first-order valence-corrected chi connectivity index (χ1v) is 7.92. The number of amides is 1. The molecule has 4 heteroatoms. The predicted molar refractivity (Wildman–Crippen MR) is 60.1 cm³/mol. The highest BCUT2D eigenvalue weighted by molar-refractivity contribution is 6.70. The summed E-state index contributed by atoms with van der Waals surface area (Å²) in [6.07, 6.45) is 0.659. The van der Waals surface area contributed by atoms with Gasteiger partial charge in [0.15, 0.2) is 0 Å². The van der Waals surface area contributed by atoms with Gasteiger partial charge in [-0.15, -0.1) is 0 Å². The van der Waals surface area contributed by atoms with Crippen LogP contribution in [0.1, 0.15) is 0 Å². The number of carbonyl (C=O) groups is 1. The van der Waals surface area contributed by atoms with Gasteiger partial charge in [0.2, 0.25) is 14.7 Å². The number of hydrogen-bond donors (Lipinski definition) is 1. The highest BCUT2D eigenvalue weighted by Crippen LogP contribution is 2.25. The van der Waals surface area contributed by atoms with Crippen molar-refractivity contribution >= 4 is 20.4 Å². The number of hydrogen-bond acceptors (Lipinski definition) is 2. The quantitative estimate of drug-likeness (QED) is 0.611. The van der Waals surface area contributed by atoms with Crippen LogP contribution in [0.3, 0.4) is 0 Å². The Morgan fingerprint density at radius 2 is 1.93 bits per heavy atom. The lowest BCUT2D eigenvalue weighted by Crippen LogP contribution is -2.29. The first-order valence-electron chi connectivity index (χ1n) is 4.51. The van der Waals surface area contributed by atoms with Crippen molar-refractivity contribution in [2.24, 2.45) is 0 Å². The average Bonchev–Trinajstić information content (AvgIpc) is 2.06. The molecule has 14 heavy (non-hydrogen) atoms. The minimum Gasteiger partial charge on any atom is -0.543 e. The third-order valence-corrected chi connectivity index (χ3v) is 2.35. The van der Waals surface area contributed by atoms with Crippen molar-refractivity contribution in [1.82, 2.24) is 0 Å². The highest BCUT2D eigenvalue weighted by atomic mass is 28.4. The normalized spacial score (nSPS) is 10.8. The molecule has 1 N–H and O–H groups in total. The van der Waals surface area contributed by atoms with Gasteiger partial charge in [-0.1, -0.05) is 12.1 Å². The van der Waals surface area contributed by atoms with Gasteiger partial charge in [-0.05, 0) is 31.8 Å². The van der Waals surface area contributed by atoms with Crippen LogP contribution in [0.5, 0.6) is 5.75 Å². The van der Waals surface area contributed by atoms with E-state index in [0.717, 1.165) is 11.4 Å². The molecule has 0 aliphatic rings. The molecule has 0 radical (unpaired) electrons. The number of nitrogens with one attached hydrogen (secondary N) is 1. The number of anilines is 1. The van der Waals surface area contributed by atoms with Crippen LogP contribution >= 0.6 is 0 Å². The maximum atomic E-state index is 10.3. The second-order valence-corrected chi connectivity index (χ2v) is 8.40. The van der Waals surface area contributed by atoms with E-state index in [1.807, 2.05) is 24.3 Å². The molecule has 0 fully saturated rings. The standard InChI is InChI=1S/C10H15NO2Si/c1-14(2,3)13-10-7-5-4-6-9(10)11-8-12/h4-8H,1-3H3,(H,11,12). The Kier molecular flexibility index (Phi) is 3.30. The van der Waals surface area contributed by atoms with Crippen LogP contribution in [0.15, 0.2) is 24.3 Å². The molecule has 0 spiro atoms. The number of benzene rings is 1. The number of para-hydroxylation sites is 2. The van der Waals surface area contributed by atoms with Gasteiger partial charge in [0.05, 0.1) is 5.69 Å². The van der Waals surface area contributed by atoms with Gasteiger partial charge in [-0.3, -0.25) is 4.79 Å². The summed E-state index contributed by atoms with van der Waals surface area (Å²) in [4.78, 5) is 10.3. The summed E-state index contributed by atoms with van der Waals surface area (Å²) in [7, 11) is -1.61. The van der Waals surface area contributed by atoms with Gasteiger partial charge >= 0.3 is 0 Å². The Morgan fingerprint density at radius 3 is 2.50 bits per heavy atom. The topological polar surface area (TPSA) is 38.3 Å². The van der Waals surface area contributed by atoms with E-state index in [9.17, 15) is 4.79 Å². The summed E-state index contributed by atoms with van der Waals surface area (Å²) in [6.45, 7) is 6.31. The molecule has 0 saturated heterocycles. The number of rotatable bonds is 4. The molecular formula is C10H15NO2Si. The Balaban J connectivity index is 2.89. The van der Waals surface area contributed by atoms with Crippen molar-refractivity contribution < 1.29 is 9.22 Å². The van der Waals surface area contributed by atoms with E-state index in [2.05, 4.69) is 25.0 Å². The molecule has 1 aromatic carbocycles. The van der Waals surface area contributed by atoms with Crippen LogP contribution in [0.25, 0.3) is 0 Å². The van der Waals surface area contributed by atoms with E-state index >= 15 is 0 Å².